The van der Waals surface area contributed by atoms with Crippen LogP contribution in [0.2, 0.25) is 5.15 Å². The number of hydrogen-bond donors (Lipinski definition) is 1. The zero-order valence-corrected chi connectivity index (χ0v) is 21.9. The third kappa shape index (κ3) is 6.45. The second-order valence-corrected chi connectivity index (χ2v) is 7.40. The molecule has 7 nitrogen and oxygen atoms in total. The van der Waals surface area contributed by atoms with Crippen molar-refractivity contribution in [3.05, 3.63) is 53.4 Å². The van der Waals surface area contributed by atoms with Gasteiger partial charge in [-0.05, 0) is 25.5 Å². The van der Waals surface area contributed by atoms with Crippen molar-refractivity contribution in [1.82, 2.24) is 20.2 Å². The van der Waals surface area contributed by atoms with Crippen molar-refractivity contribution in [3.63, 3.8) is 0 Å². The summed E-state index contributed by atoms with van der Waals surface area (Å²) in [6.45, 7) is 5.29. The normalized spacial score (nSPS) is 16.6. The molecule has 3 aromatic heterocycles. The van der Waals surface area contributed by atoms with Crippen molar-refractivity contribution in [2.24, 2.45) is 5.92 Å². The second-order valence-electron chi connectivity index (χ2n) is 6.24. The zero-order chi connectivity index (χ0) is 21.0. The van der Waals surface area contributed by atoms with Gasteiger partial charge in [0.05, 0.1) is 30.2 Å². The first kappa shape index (κ1) is 24.7. The molecule has 4 rings (SSSR count). The minimum Gasteiger partial charge on any atom is -0.494 e. The summed E-state index contributed by atoms with van der Waals surface area (Å²) in [6.07, 6.45) is 3.14. The number of pyridine rings is 2. The van der Waals surface area contributed by atoms with Gasteiger partial charge in [0.1, 0.15) is 10.9 Å². The summed E-state index contributed by atoms with van der Waals surface area (Å²) >= 11 is 7.11. The second kappa shape index (κ2) is 11.1. The zero-order valence-electron chi connectivity index (χ0n) is 16.1. The Morgan fingerprint density at radius 3 is 2.63 bits per heavy atom. The summed E-state index contributed by atoms with van der Waals surface area (Å²) in [6, 6.07) is 3.43. The fraction of sp³-hybridized carbons (Fsp3) is 0.263. The van der Waals surface area contributed by atoms with Crippen LogP contribution < -0.4 is 10.1 Å². The smallest absolute Gasteiger partial charge is 0.494 e. The van der Waals surface area contributed by atoms with Crippen LogP contribution in [0.15, 0.2) is 24.5 Å². The Balaban J connectivity index is 0.000000468. The summed E-state index contributed by atoms with van der Waals surface area (Å²) in [5.41, 5.74) is 4.96. The van der Waals surface area contributed by atoms with Crippen LogP contribution in [0.4, 0.5) is 9.52 Å². The molecule has 1 saturated carbocycles. The van der Waals surface area contributed by atoms with Gasteiger partial charge in [0.15, 0.2) is 0 Å². The van der Waals surface area contributed by atoms with Gasteiger partial charge in [0, 0.05) is 23.0 Å². The number of nitrogens with zero attached hydrogens (tertiary/aromatic N) is 4. The van der Waals surface area contributed by atoms with E-state index in [1.807, 2.05) is 6.92 Å². The monoisotopic (exact) mass is 671 g/mol. The molecule has 3 heterocycles. The molecule has 11 heteroatoms. The number of ether oxygens (including phenoxy) is 1. The number of aryl methyl sites for hydroxylation is 1. The quantitative estimate of drug-likeness (QED) is 0.331. The van der Waals surface area contributed by atoms with Crippen molar-refractivity contribution in [2.45, 2.75) is 19.5 Å². The van der Waals surface area contributed by atoms with Gasteiger partial charge in [-0.25, -0.2) is 10.1 Å². The van der Waals surface area contributed by atoms with Gasteiger partial charge in [0.2, 0.25) is 5.91 Å². The van der Waals surface area contributed by atoms with E-state index in [2.05, 4.69) is 37.9 Å². The van der Waals surface area contributed by atoms with E-state index < -0.39 is 6.17 Å². The van der Waals surface area contributed by atoms with Gasteiger partial charge >= 0.3 is 31.1 Å². The predicted molar refractivity (Wildman–Crippen MR) is 109 cm³/mol. The molecule has 1 fully saturated rings. The van der Waals surface area contributed by atoms with Crippen LogP contribution in [-0.2, 0) is 0 Å². The number of amides is 1. The molecule has 2 unspecified atom stereocenters. The Bertz CT molecular complexity index is 1000. The molecule has 1 amide bonds. The van der Waals surface area contributed by atoms with Crippen molar-refractivity contribution in [3.8, 4) is 16.9 Å². The number of hydrogen-bond acceptors (Lipinski definition) is 7. The summed E-state index contributed by atoms with van der Waals surface area (Å²) in [7, 11) is 1.53. The summed E-state index contributed by atoms with van der Waals surface area (Å²) < 4.78 is 16.8. The Kier molecular flexibility index (Phi) is 9.16. The molecule has 0 aliphatic heterocycles. The SMILES string of the molecule is COc1cnc(Cl)cc1-c1cc(C)ncc1C(=O)Nc1nn[c-]s1.[CH2-]C1CC1F.[U+2]. The predicted octanol–water partition coefficient (Wildman–Crippen LogP) is 4.20. The minimum absolute atomic E-state index is 0. The molecule has 154 valence electrons. The van der Waals surface area contributed by atoms with Crippen LogP contribution in [-0.4, -0.2) is 39.4 Å². The molecule has 30 heavy (non-hydrogen) atoms. The molecule has 0 radical (unpaired) electrons. The maximum atomic E-state index is 12.6. The van der Waals surface area contributed by atoms with E-state index in [1.54, 1.807) is 12.1 Å². The molecule has 0 bridgehead atoms. The summed E-state index contributed by atoms with van der Waals surface area (Å²) in [5, 5.41) is 10.6. The first-order chi connectivity index (χ1) is 13.9. The van der Waals surface area contributed by atoms with Gasteiger partial charge in [-0.3, -0.25) is 30.6 Å². The Morgan fingerprint density at radius 1 is 1.37 bits per heavy atom. The summed E-state index contributed by atoms with van der Waals surface area (Å²) in [4.78, 5) is 20.8. The number of aromatic nitrogens is 4. The average Bonchev–Trinajstić information content (AvgIpc) is 3.13. The van der Waals surface area contributed by atoms with Crippen molar-refractivity contribution in [1.29, 1.82) is 0 Å². The van der Waals surface area contributed by atoms with Crippen LogP contribution in [0.1, 0.15) is 22.5 Å². The van der Waals surface area contributed by atoms with Crippen LogP contribution in [0.25, 0.3) is 11.1 Å². The number of rotatable bonds is 4. The fourth-order valence-corrected chi connectivity index (χ4v) is 2.88. The first-order valence-corrected chi connectivity index (χ1v) is 9.73. The van der Waals surface area contributed by atoms with E-state index in [0.29, 0.717) is 39.1 Å². The molecular weight excluding hydrogens is 655 g/mol. The number of carbonyl (C=O) groups is 1. The van der Waals surface area contributed by atoms with E-state index in [0.717, 1.165) is 17.0 Å². The van der Waals surface area contributed by atoms with Gasteiger partial charge < -0.3 is 17.0 Å². The Labute approximate surface area is 206 Å². The molecule has 3 aromatic rings. The van der Waals surface area contributed by atoms with Crippen molar-refractivity contribution >= 4 is 34.0 Å². The Hall–Kier alpha value is -1.60. The van der Waals surface area contributed by atoms with E-state index >= 15 is 0 Å². The number of methoxy groups -OCH3 is 1. The van der Waals surface area contributed by atoms with Crippen LogP contribution >= 0.6 is 22.9 Å². The fourth-order valence-electron chi connectivity index (χ4n) is 2.33. The molecule has 0 aromatic carbocycles. The van der Waals surface area contributed by atoms with Crippen molar-refractivity contribution < 1.29 is 45.0 Å². The number of carbonyl (C=O) groups excluding carboxylic acids is 1. The number of alkyl halides is 1. The minimum atomic E-state index is -0.560. The molecule has 1 N–H and O–H groups in total. The molecular formula is C19H17ClFN5O2SU. The van der Waals surface area contributed by atoms with Crippen LogP contribution in [0.5, 0.6) is 5.75 Å². The average molecular weight is 672 g/mol. The summed E-state index contributed by atoms with van der Waals surface area (Å²) in [5.74, 6) is 0.274. The third-order valence-electron chi connectivity index (χ3n) is 4.01. The van der Waals surface area contributed by atoms with Crippen LogP contribution in [0.3, 0.4) is 0 Å². The van der Waals surface area contributed by atoms with Gasteiger partial charge in [-0.15, -0.1) is 5.92 Å². The van der Waals surface area contributed by atoms with Crippen LogP contribution in [0, 0.1) is 56.4 Å². The maximum Gasteiger partial charge on any atom is 2.00 e. The molecule has 2 atom stereocenters. The number of anilines is 1. The topological polar surface area (TPSA) is 89.9 Å². The van der Waals surface area contributed by atoms with E-state index in [-0.39, 0.29) is 42.9 Å². The third-order valence-corrected chi connectivity index (χ3v) is 4.77. The van der Waals surface area contributed by atoms with E-state index in [4.69, 9.17) is 16.3 Å². The first-order valence-electron chi connectivity index (χ1n) is 8.53. The van der Waals surface area contributed by atoms with Gasteiger partial charge in [-0.1, -0.05) is 17.1 Å². The Morgan fingerprint density at radius 2 is 2.07 bits per heavy atom. The number of nitrogens with one attached hydrogen (secondary N) is 1. The maximum absolute atomic E-state index is 12.6. The molecule has 0 saturated heterocycles. The molecule has 0 spiro atoms. The number of halogens is 2. The molecule has 1 aliphatic carbocycles. The van der Waals surface area contributed by atoms with Crippen molar-refractivity contribution in [2.75, 3.05) is 12.4 Å². The van der Waals surface area contributed by atoms with Gasteiger partial charge in [-0.2, -0.15) is 0 Å². The van der Waals surface area contributed by atoms with Gasteiger partial charge in [0.25, 0.3) is 0 Å². The molecule has 1 aliphatic rings. The largest absolute Gasteiger partial charge is 2.00 e. The van der Waals surface area contributed by atoms with E-state index in [9.17, 15) is 9.18 Å². The van der Waals surface area contributed by atoms with E-state index in [1.165, 1.54) is 19.5 Å². The standard InChI is InChI=1S/C15H11ClN5O2S.C4H6F.U/c1-8-3-9(10-4-13(16)18-6-12(10)23-2)11(5-17-8)14(22)20-15-21-19-7-24-15;1-3-2-4(3)5;/h3-6H,1-2H3,(H,20,21,22);3-4H,1-2H2;/q2*-1;+2.